The van der Waals surface area contributed by atoms with E-state index in [0.29, 0.717) is 11.4 Å². The van der Waals surface area contributed by atoms with Gasteiger partial charge in [0.2, 0.25) is 5.91 Å². The molecule has 0 radical (unpaired) electrons. The van der Waals surface area contributed by atoms with Crippen molar-refractivity contribution in [1.29, 1.82) is 0 Å². The number of benzene rings is 2. The van der Waals surface area contributed by atoms with Crippen molar-refractivity contribution in [1.82, 2.24) is 4.90 Å². The maximum absolute atomic E-state index is 12.8. The molecule has 2 aromatic rings. The first kappa shape index (κ1) is 20.6. The smallest absolute Gasteiger partial charge is 0.271 e. The van der Waals surface area contributed by atoms with Gasteiger partial charge < -0.3 is 15.0 Å². The van der Waals surface area contributed by atoms with Gasteiger partial charge in [0.25, 0.3) is 5.69 Å². The van der Waals surface area contributed by atoms with E-state index < -0.39 is 4.92 Å². The summed E-state index contributed by atoms with van der Waals surface area (Å²) in [4.78, 5) is 27.8. The van der Waals surface area contributed by atoms with Gasteiger partial charge in [-0.1, -0.05) is 18.2 Å². The van der Waals surface area contributed by atoms with Gasteiger partial charge in [0.15, 0.2) is 0 Å². The Morgan fingerprint density at radius 3 is 2.48 bits per heavy atom. The molecule has 154 valence electrons. The molecule has 8 nitrogen and oxygen atoms in total. The molecule has 1 saturated heterocycles. The number of carbonyl (C=O) groups is 1. The number of rotatable bonds is 6. The number of nitrogens with zero attached hydrogens (tertiary/aromatic N) is 3. The summed E-state index contributed by atoms with van der Waals surface area (Å²) < 4.78 is 5.22. The third-order valence-electron chi connectivity index (χ3n) is 5.35. The molecule has 29 heavy (non-hydrogen) atoms. The van der Waals surface area contributed by atoms with Crippen LogP contribution >= 0.6 is 0 Å². The van der Waals surface area contributed by atoms with E-state index in [1.54, 1.807) is 0 Å². The highest BCUT2D eigenvalue weighted by Gasteiger charge is 2.27. The first-order valence-corrected chi connectivity index (χ1v) is 9.58. The zero-order valence-electron chi connectivity index (χ0n) is 16.9. The summed E-state index contributed by atoms with van der Waals surface area (Å²) in [6.45, 7) is 7.14. The van der Waals surface area contributed by atoms with Crippen molar-refractivity contribution in [2.24, 2.45) is 0 Å². The van der Waals surface area contributed by atoms with E-state index in [1.807, 2.05) is 19.1 Å². The molecule has 1 amide bonds. The van der Waals surface area contributed by atoms with Crippen LogP contribution in [0.2, 0.25) is 0 Å². The molecule has 2 aromatic carbocycles. The fourth-order valence-electron chi connectivity index (χ4n) is 3.58. The average Bonchev–Trinajstić information content (AvgIpc) is 2.73. The molecule has 0 saturated carbocycles. The fraction of sp³-hybridized carbons (Fsp3) is 0.381. The molecule has 1 fully saturated rings. The third-order valence-corrected chi connectivity index (χ3v) is 5.35. The van der Waals surface area contributed by atoms with Crippen LogP contribution in [0.1, 0.15) is 12.5 Å². The van der Waals surface area contributed by atoms with Crippen LogP contribution in [0.25, 0.3) is 0 Å². The zero-order valence-corrected chi connectivity index (χ0v) is 16.9. The van der Waals surface area contributed by atoms with Crippen molar-refractivity contribution in [3.8, 4) is 5.75 Å². The Labute approximate surface area is 170 Å². The molecule has 0 spiro atoms. The highest BCUT2D eigenvalue weighted by molar-refractivity contribution is 5.96. The first-order chi connectivity index (χ1) is 13.9. The monoisotopic (exact) mass is 398 g/mol. The molecule has 1 aliphatic heterocycles. The molecule has 0 unspecified atom stereocenters. The Bertz CT molecular complexity index is 894. The van der Waals surface area contributed by atoms with Crippen molar-refractivity contribution >= 4 is 23.0 Å². The van der Waals surface area contributed by atoms with Gasteiger partial charge in [-0.15, -0.1) is 0 Å². The molecule has 1 atom stereocenters. The number of carbonyl (C=O) groups excluding carboxylic acids is 1. The number of amides is 1. The summed E-state index contributed by atoms with van der Waals surface area (Å²) in [5.41, 5.74) is 2.67. The van der Waals surface area contributed by atoms with Gasteiger partial charge in [0, 0.05) is 44.0 Å². The number of para-hydroxylation sites is 1. The number of ether oxygens (including phenoxy) is 1. The van der Waals surface area contributed by atoms with E-state index in [0.717, 1.165) is 26.2 Å². The molecular weight excluding hydrogens is 372 g/mol. The SMILES string of the molecule is COc1ccc([N+](=O)[O-])cc1NC(=O)[C@H](C)N1CCN(c2ccccc2C)CC1. The molecule has 0 aromatic heterocycles. The van der Waals surface area contributed by atoms with Gasteiger partial charge >= 0.3 is 0 Å². The first-order valence-electron chi connectivity index (χ1n) is 9.58. The molecule has 3 rings (SSSR count). The number of aryl methyl sites for hydroxylation is 1. The van der Waals surface area contributed by atoms with Gasteiger partial charge in [0.05, 0.1) is 23.8 Å². The number of hydrogen-bond donors (Lipinski definition) is 1. The molecule has 0 bridgehead atoms. The molecule has 8 heteroatoms. The Morgan fingerprint density at radius 2 is 1.86 bits per heavy atom. The Morgan fingerprint density at radius 1 is 1.17 bits per heavy atom. The number of methoxy groups -OCH3 is 1. The molecule has 1 heterocycles. The standard InChI is InChI=1S/C21H26N4O4/c1-15-6-4-5-7-19(15)24-12-10-23(11-13-24)16(2)21(26)22-18-14-17(25(27)28)8-9-20(18)29-3/h4-9,14,16H,10-13H2,1-3H3,(H,22,26)/t16-/m0/s1. The quantitative estimate of drug-likeness (QED) is 0.594. The summed E-state index contributed by atoms with van der Waals surface area (Å²) in [6, 6.07) is 12.1. The number of nitrogens with one attached hydrogen (secondary N) is 1. The van der Waals surface area contributed by atoms with Crippen LogP contribution in [0.15, 0.2) is 42.5 Å². The van der Waals surface area contributed by atoms with Gasteiger partial charge in [-0.3, -0.25) is 19.8 Å². The van der Waals surface area contributed by atoms with Gasteiger partial charge in [-0.2, -0.15) is 0 Å². The number of hydrogen-bond acceptors (Lipinski definition) is 6. The summed E-state index contributed by atoms with van der Waals surface area (Å²) >= 11 is 0. The summed E-state index contributed by atoms with van der Waals surface area (Å²) in [5, 5.41) is 13.8. The average molecular weight is 398 g/mol. The van der Waals surface area contributed by atoms with Gasteiger partial charge in [-0.25, -0.2) is 0 Å². The molecule has 0 aliphatic carbocycles. The summed E-state index contributed by atoms with van der Waals surface area (Å²) in [5.74, 6) is 0.175. The van der Waals surface area contributed by atoms with Crippen molar-refractivity contribution in [2.75, 3.05) is 43.5 Å². The van der Waals surface area contributed by atoms with Gasteiger partial charge in [0.1, 0.15) is 5.75 Å². The number of non-ortho nitro benzene ring substituents is 1. The van der Waals surface area contributed by atoms with Crippen molar-refractivity contribution in [3.63, 3.8) is 0 Å². The number of piperazine rings is 1. The lowest BCUT2D eigenvalue weighted by Crippen LogP contribution is -2.53. The Balaban J connectivity index is 1.64. The largest absolute Gasteiger partial charge is 0.495 e. The maximum Gasteiger partial charge on any atom is 0.271 e. The van der Waals surface area contributed by atoms with Crippen molar-refractivity contribution in [3.05, 3.63) is 58.1 Å². The second-order valence-corrected chi connectivity index (χ2v) is 7.12. The Hall–Kier alpha value is -3.13. The van der Waals surface area contributed by atoms with Crippen LogP contribution in [-0.2, 0) is 4.79 Å². The minimum Gasteiger partial charge on any atom is -0.495 e. The number of nitro groups is 1. The highest BCUT2D eigenvalue weighted by Crippen LogP contribution is 2.29. The van der Waals surface area contributed by atoms with E-state index in [4.69, 9.17) is 4.74 Å². The zero-order chi connectivity index (χ0) is 21.0. The minimum absolute atomic E-state index is 0.0967. The van der Waals surface area contributed by atoms with E-state index in [9.17, 15) is 14.9 Å². The van der Waals surface area contributed by atoms with Crippen LogP contribution in [-0.4, -0.2) is 55.1 Å². The van der Waals surface area contributed by atoms with E-state index in [-0.39, 0.29) is 17.6 Å². The van der Waals surface area contributed by atoms with Crippen molar-refractivity contribution < 1.29 is 14.5 Å². The predicted octanol–water partition coefficient (Wildman–Crippen LogP) is 3.06. The molecule has 1 aliphatic rings. The van der Waals surface area contributed by atoms with E-state index in [1.165, 1.54) is 36.6 Å². The van der Waals surface area contributed by atoms with Crippen LogP contribution < -0.4 is 15.0 Å². The fourth-order valence-corrected chi connectivity index (χ4v) is 3.58. The van der Waals surface area contributed by atoms with Crippen LogP contribution in [0.3, 0.4) is 0 Å². The lowest BCUT2D eigenvalue weighted by Gasteiger charge is -2.39. The summed E-state index contributed by atoms with van der Waals surface area (Å²) in [7, 11) is 1.46. The van der Waals surface area contributed by atoms with E-state index >= 15 is 0 Å². The normalized spacial score (nSPS) is 15.6. The second-order valence-electron chi connectivity index (χ2n) is 7.12. The molecule has 1 N–H and O–H groups in total. The van der Waals surface area contributed by atoms with E-state index in [2.05, 4.69) is 34.2 Å². The predicted molar refractivity (Wildman–Crippen MR) is 113 cm³/mol. The lowest BCUT2D eigenvalue weighted by atomic mass is 10.1. The van der Waals surface area contributed by atoms with Crippen LogP contribution in [0.4, 0.5) is 17.1 Å². The highest BCUT2D eigenvalue weighted by atomic mass is 16.6. The van der Waals surface area contributed by atoms with Crippen LogP contribution in [0, 0.1) is 17.0 Å². The minimum atomic E-state index is -0.497. The Kier molecular flexibility index (Phi) is 6.33. The lowest BCUT2D eigenvalue weighted by molar-refractivity contribution is -0.384. The third kappa shape index (κ3) is 4.65. The number of nitro benzene ring substituents is 1. The second kappa shape index (κ2) is 8.91. The summed E-state index contributed by atoms with van der Waals surface area (Å²) in [6.07, 6.45) is 0. The topological polar surface area (TPSA) is 87.9 Å². The van der Waals surface area contributed by atoms with Gasteiger partial charge in [-0.05, 0) is 31.5 Å². The van der Waals surface area contributed by atoms with Crippen LogP contribution in [0.5, 0.6) is 5.75 Å². The molecular formula is C21H26N4O4. The maximum atomic E-state index is 12.8. The van der Waals surface area contributed by atoms with Crippen molar-refractivity contribution in [2.45, 2.75) is 19.9 Å². The number of anilines is 2.